The van der Waals surface area contributed by atoms with Gasteiger partial charge in [0.05, 0.1) is 11.1 Å². The first-order valence-corrected chi connectivity index (χ1v) is 6.30. The number of benzene rings is 1. The molecule has 5 nitrogen and oxygen atoms in total. The van der Waals surface area contributed by atoms with E-state index in [9.17, 15) is 4.79 Å². The van der Waals surface area contributed by atoms with E-state index >= 15 is 0 Å². The van der Waals surface area contributed by atoms with E-state index in [-0.39, 0.29) is 5.56 Å². The van der Waals surface area contributed by atoms with Crippen molar-refractivity contribution >= 4 is 22.8 Å². The van der Waals surface area contributed by atoms with E-state index in [2.05, 4.69) is 28.7 Å². The van der Waals surface area contributed by atoms with Crippen LogP contribution in [0.5, 0.6) is 0 Å². The van der Waals surface area contributed by atoms with Crippen LogP contribution in [0.2, 0.25) is 0 Å². The number of anilines is 1. The number of hydrogen-bond donors (Lipinski definition) is 1. The topological polar surface area (TPSA) is 66.3 Å². The van der Waals surface area contributed by atoms with Crippen LogP contribution >= 0.6 is 0 Å². The Kier molecular flexibility index (Phi) is 3.64. The maximum atomic E-state index is 11.1. The van der Waals surface area contributed by atoms with Crippen molar-refractivity contribution in [3.05, 3.63) is 30.0 Å². The summed E-state index contributed by atoms with van der Waals surface area (Å²) in [5.41, 5.74) is 0.889. The maximum absolute atomic E-state index is 11.1. The van der Waals surface area contributed by atoms with Gasteiger partial charge in [-0.2, -0.15) is 0 Å². The van der Waals surface area contributed by atoms with Crippen molar-refractivity contribution in [2.75, 3.05) is 11.4 Å². The summed E-state index contributed by atoms with van der Waals surface area (Å²) in [4.78, 5) is 22.0. The Labute approximate surface area is 111 Å². The average molecular weight is 259 g/mol. The second-order valence-electron chi connectivity index (χ2n) is 4.59. The van der Waals surface area contributed by atoms with Gasteiger partial charge in [0.1, 0.15) is 0 Å². The summed E-state index contributed by atoms with van der Waals surface area (Å²) in [5.74, 6) is -0.328. The summed E-state index contributed by atoms with van der Waals surface area (Å²) in [6.45, 7) is 7.00. The van der Waals surface area contributed by atoms with Gasteiger partial charge in [0.2, 0.25) is 5.95 Å². The van der Waals surface area contributed by atoms with Crippen LogP contribution in [0.25, 0.3) is 10.9 Å². The molecule has 0 spiro atoms. The third-order valence-electron chi connectivity index (χ3n) is 3.06. The molecule has 1 heterocycles. The molecule has 0 fully saturated rings. The van der Waals surface area contributed by atoms with Crippen molar-refractivity contribution in [2.24, 2.45) is 0 Å². The quantitative estimate of drug-likeness (QED) is 0.914. The minimum absolute atomic E-state index is 0.233. The van der Waals surface area contributed by atoms with Gasteiger partial charge in [0.25, 0.3) is 0 Å². The number of carbonyl (C=O) groups is 1. The van der Waals surface area contributed by atoms with Crippen LogP contribution in [0, 0.1) is 0 Å². The normalized spacial score (nSPS) is 10.9. The molecule has 0 unspecified atom stereocenters. The molecule has 100 valence electrons. The summed E-state index contributed by atoms with van der Waals surface area (Å²) in [5, 5.41) is 9.70. The summed E-state index contributed by atoms with van der Waals surface area (Å²) < 4.78 is 0. The zero-order chi connectivity index (χ0) is 14.0. The van der Waals surface area contributed by atoms with E-state index in [0.29, 0.717) is 22.9 Å². The Morgan fingerprint density at radius 2 is 2.16 bits per heavy atom. The first kappa shape index (κ1) is 13.3. The van der Waals surface area contributed by atoms with Crippen molar-refractivity contribution in [3.8, 4) is 0 Å². The molecular formula is C14H17N3O2. The van der Waals surface area contributed by atoms with Crippen molar-refractivity contribution in [1.82, 2.24) is 9.97 Å². The molecule has 5 heteroatoms. The van der Waals surface area contributed by atoms with Crippen molar-refractivity contribution < 1.29 is 9.90 Å². The van der Waals surface area contributed by atoms with Crippen molar-refractivity contribution in [3.63, 3.8) is 0 Å². The van der Waals surface area contributed by atoms with E-state index < -0.39 is 5.97 Å². The summed E-state index contributed by atoms with van der Waals surface area (Å²) in [7, 11) is 0. The van der Waals surface area contributed by atoms with Gasteiger partial charge in [-0.15, -0.1) is 0 Å². The number of carboxylic acid groups (broad SMARTS) is 1. The standard InChI is InChI=1S/C14H17N3O2/c1-4-17(9(2)3)14-15-8-11-10(13(18)19)6-5-7-12(11)16-14/h5-9H,4H2,1-3H3,(H,18,19). The Balaban J connectivity index is 2.56. The lowest BCUT2D eigenvalue weighted by Gasteiger charge is -2.25. The lowest BCUT2D eigenvalue weighted by atomic mass is 10.1. The summed E-state index contributed by atoms with van der Waals surface area (Å²) in [6, 6.07) is 5.37. The fourth-order valence-electron chi connectivity index (χ4n) is 2.11. The van der Waals surface area contributed by atoms with E-state index in [1.54, 1.807) is 24.4 Å². The predicted molar refractivity (Wildman–Crippen MR) is 74.7 cm³/mol. The number of hydrogen-bond acceptors (Lipinski definition) is 4. The van der Waals surface area contributed by atoms with Gasteiger partial charge >= 0.3 is 5.97 Å². The molecule has 0 saturated heterocycles. The largest absolute Gasteiger partial charge is 0.478 e. The minimum Gasteiger partial charge on any atom is -0.478 e. The minimum atomic E-state index is -0.960. The number of aromatic nitrogens is 2. The second kappa shape index (κ2) is 5.22. The Hall–Kier alpha value is -2.17. The number of nitrogens with zero attached hydrogens (tertiary/aromatic N) is 3. The number of fused-ring (bicyclic) bond motifs is 1. The fourth-order valence-corrected chi connectivity index (χ4v) is 2.11. The van der Waals surface area contributed by atoms with Gasteiger partial charge in [-0.1, -0.05) is 6.07 Å². The zero-order valence-electron chi connectivity index (χ0n) is 11.3. The fraction of sp³-hybridized carbons (Fsp3) is 0.357. The Bertz CT molecular complexity index is 611. The average Bonchev–Trinajstić information content (AvgIpc) is 2.38. The predicted octanol–water partition coefficient (Wildman–Crippen LogP) is 2.56. The molecule has 0 aliphatic carbocycles. The lowest BCUT2D eigenvalue weighted by molar-refractivity contribution is 0.0699. The van der Waals surface area contributed by atoms with Crippen LogP contribution in [-0.4, -0.2) is 33.6 Å². The molecule has 1 aromatic carbocycles. The van der Waals surface area contributed by atoms with Gasteiger partial charge in [-0.25, -0.2) is 14.8 Å². The van der Waals surface area contributed by atoms with Crippen LogP contribution in [0.4, 0.5) is 5.95 Å². The van der Waals surface area contributed by atoms with Gasteiger partial charge in [-0.3, -0.25) is 0 Å². The molecule has 2 aromatic rings. The van der Waals surface area contributed by atoms with E-state index in [1.807, 2.05) is 6.92 Å². The van der Waals surface area contributed by atoms with Crippen molar-refractivity contribution in [1.29, 1.82) is 0 Å². The van der Waals surface area contributed by atoms with Gasteiger partial charge in [0, 0.05) is 24.2 Å². The highest BCUT2D eigenvalue weighted by atomic mass is 16.4. The van der Waals surface area contributed by atoms with Crippen LogP contribution in [-0.2, 0) is 0 Å². The molecule has 2 rings (SSSR count). The number of carboxylic acids is 1. The third kappa shape index (κ3) is 2.50. The number of aromatic carboxylic acids is 1. The number of rotatable bonds is 4. The maximum Gasteiger partial charge on any atom is 0.336 e. The first-order valence-electron chi connectivity index (χ1n) is 6.30. The van der Waals surface area contributed by atoms with Gasteiger partial charge in [0.15, 0.2) is 0 Å². The van der Waals surface area contributed by atoms with E-state index in [1.165, 1.54) is 0 Å². The summed E-state index contributed by atoms with van der Waals surface area (Å²) in [6.07, 6.45) is 1.59. The zero-order valence-corrected chi connectivity index (χ0v) is 11.3. The monoisotopic (exact) mass is 259 g/mol. The van der Waals surface area contributed by atoms with Crippen LogP contribution in [0.1, 0.15) is 31.1 Å². The smallest absolute Gasteiger partial charge is 0.336 e. The van der Waals surface area contributed by atoms with Gasteiger partial charge in [-0.05, 0) is 32.9 Å². The van der Waals surface area contributed by atoms with Crippen LogP contribution in [0.15, 0.2) is 24.4 Å². The summed E-state index contributed by atoms with van der Waals surface area (Å²) >= 11 is 0. The molecule has 1 N–H and O–H groups in total. The molecule has 0 amide bonds. The highest BCUT2D eigenvalue weighted by Crippen LogP contribution is 2.20. The molecule has 0 aliphatic rings. The molecule has 1 aromatic heterocycles. The molecule has 0 saturated carbocycles. The molecule has 0 radical (unpaired) electrons. The van der Waals surface area contributed by atoms with E-state index in [0.717, 1.165) is 6.54 Å². The molecular weight excluding hydrogens is 242 g/mol. The van der Waals surface area contributed by atoms with Crippen LogP contribution < -0.4 is 4.90 Å². The lowest BCUT2D eigenvalue weighted by Crippen LogP contribution is -2.31. The Morgan fingerprint density at radius 1 is 1.42 bits per heavy atom. The Morgan fingerprint density at radius 3 is 2.74 bits per heavy atom. The van der Waals surface area contributed by atoms with Gasteiger partial charge < -0.3 is 10.0 Å². The third-order valence-corrected chi connectivity index (χ3v) is 3.06. The molecule has 0 aliphatic heterocycles. The first-order chi connectivity index (χ1) is 9.04. The molecule has 19 heavy (non-hydrogen) atoms. The van der Waals surface area contributed by atoms with Crippen LogP contribution in [0.3, 0.4) is 0 Å². The second-order valence-corrected chi connectivity index (χ2v) is 4.59. The molecule has 0 atom stereocenters. The SMILES string of the molecule is CCN(c1ncc2c(C(=O)O)cccc2n1)C(C)C. The molecule has 0 bridgehead atoms. The van der Waals surface area contributed by atoms with Crippen molar-refractivity contribution in [2.45, 2.75) is 26.8 Å². The highest BCUT2D eigenvalue weighted by Gasteiger charge is 2.14. The van der Waals surface area contributed by atoms with E-state index in [4.69, 9.17) is 5.11 Å². The highest BCUT2D eigenvalue weighted by molar-refractivity contribution is 6.02.